The molecule has 0 spiro atoms. The minimum absolute atomic E-state index is 0.0740. The van der Waals surface area contributed by atoms with Crippen LogP contribution in [0.1, 0.15) is 11.1 Å². The van der Waals surface area contributed by atoms with E-state index in [1.165, 1.54) is 19.2 Å². The van der Waals surface area contributed by atoms with Gasteiger partial charge in [0.05, 0.1) is 7.11 Å². The van der Waals surface area contributed by atoms with Crippen molar-refractivity contribution < 1.29 is 31.1 Å². The third-order valence-electron chi connectivity index (χ3n) is 3.29. The number of nitrogens with zero attached hydrogens (tertiary/aromatic N) is 1. The normalized spacial score (nSPS) is 15.4. The van der Waals surface area contributed by atoms with E-state index in [0.29, 0.717) is 16.0 Å². The summed E-state index contributed by atoms with van der Waals surface area (Å²) in [6, 6.07) is 2.56. The second kappa shape index (κ2) is 5.62. The summed E-state index contributed by atoms with van der Waals surface area (Å²) >= 11 is 0. The van der Waals surface area contributed by atoms with Crippen LogP contribution in [0, 0.1) is 0 Å². The Morgan fingerprint density at radius 1 is 1.32 bits per heavy atom. The Labute approximate surface area is 129 Å². The number of carbonyl (C=O) groups is 1. The number of hydrogen-bond donors (Lipinski definition) is 0. The molecular formula is C12H11ClF3NO4S. The predicted octanol–water partition coefficient (Wildman–Crippen LogP) is 2.07. The SMILES string of the molecule is COc1cc2c(cc1S(=O)(=O)Cl)CCN(C(=O)C(F)(F)F)C2. The Morgan fingerprint density at radius 3 is 2.45 bits per heavy atom. The van der Waals surface area contributed by atoms with Crippen LogP contribution in [0.15, 0.2) is 17.0 Å². The van der Waals surface area contributed by atoms with Crippen LogP contribution in [0.3, 0.4) is 0 Å². The minimum atomic E-state index is -4.94. The lowest BCUT2D eigenvalue weighted by Gasteiger charge is -2.30. The molecule has 0 aliphatic carbocycles. The molecule has 0 saturated carbocycles. The quantitative estimate of drug-likeness (QED) is 0.760. The van der Waals surface area contributed by atoms with E-state index >= 15 is 0 Å². The molecule has 1 aliphatic rings. The van der Waals surface area contributed by atoms with Gasteiger partial charge in [0.2, 0.25) is 0 Å². The lowest BCUT2D eigenvalue weighted by atomic mass is 9.99. The van der Waals surface area contributed by atoms with Gasteiger partial charge in [0.1, 0.15) is 10.6 Å². The fraction of sp³-hybridized carbons (Fsp3) is 0.417. The minimum Gasteiger partial charge on any atom is -0.495 e. The molecule has 0 N–H and O–H groups in total. The molecule has 22 heavy (non-hydrogen) atoms. The van der Waals surface area contributed by atoms with Gasteiger partial charge in [-0.25, -0.2) is 8.42 Å². The van der Waals surface area contributed by atoms with Crippen molar-refractivity contribution in [2.45, 2.75) is 24.0 Å². The van der Waals surface area contributed by atoms with Gasteiger partial charge in [-0.1, -0.05) is 0 Å². The summed E-state index contributed by atoms with van der Waals surface area (Å²) in [6.07, 6.45) is -4.85. The van der Waals surface area contributed by atoms with Crippen molar-refractivity contribution in [2.24, 2.45) is 0 Å². The van der Waals surface area contributed by atoms with E-state index in [1.807, 2.05) is 0 Å². The number of methoxy groups -OCH3 is 1. The lowest BCUT2D eigenvalue weighted by molar-refractivity contribution is -0.186. The molecule has 0 unspecified atom stereocenters. The van der Waals surface area contributed by atoms with Gasteiger partial charge in [-0.05, 0) is 29.7 Å². The van der Waals surface area contributed by atoms with Crippen LogP contribution in [-0.2, 0) is 26.8 Å². The van der Waals surface area contributed by atoms with Gasteiger partial charge in [-0.2, -0.15) is 13.2 Å². The van der Waals surface area contributed by atoms with Gasteiger partial charge >= 0.3 is 12.1 Å². The van der Waals surface area contributed by atoms with Crippen LogP contribution in [-0.4, -0.2) is 39.1 Å². The Kier molecular flexibility index (Phi) is 4.31. The second-order valence-electron chi connectivity index (χ2n) is 4.68. The van der Waals surface area contributed by atoms with Crippen molar-refractivity contribution in [2.75, 3.05) is 13.7 Å². The molecule has 1 aromatic rings. The number of benzene rings is 1. The highest BCUT2D eigenvalue weighted by Gasteiger charge is 2.43. The smallest absolute Gasteiger partial charge is 0.471 e. The summed E-state index contributed by atoms with van der Waals surface area (Å²) in [6.45, 7) is -0.425. The van der Waals surface area contributed by atoms with E-state index < -0.39 is 21.1 Å². The molecular weight excluding hydrogens is 347 g/mol. The molecule has 5 nitrogen and oxygen atoms in total. The Balaban J connectivity index is 2.40. The maximum absolute atomic E-state index is 12.5. The maximum Gasteiger partial charge on any atom is 0.471 e. The first kappa shape index (κ1) is 16.9. The van der Waals surface area contributed by atoms with E-state index in [1.54, 1.807) is 0 Å². The first-order valence-corrected chi connectivity index (χ1v) is 8.35. The van der Waals surface area contributed by atoms with Gasteiger partial charge in [0.25, 0.3) is 9.05 Å². The van der Waals surface area contributed by atoms with Crippen molar-refractivity contribution >= 4 is 25.6 Å². The first-order valence-electron chi connectivity index (χ1n) is 6.04. The van der Waals surface area contributed by atoms with E-state index in [-0.39, 0.29) is 30.2 Å². The van der Waals surface area contributed by atoms with Gasteiger partial charge in [0, 0.05) is 23.8 Å². The number of halogens is 4. The number of fused-ring (bicyclic) bond motifs is 1. The fourth-order valence-electron chi connectivity index (χ4n) is 2.27. The van der Waals surface area contributed by atoms with Crippen molar-refractivity contribution in [1.29, 1.82) is 0 Å². The van der Waals surface area contributed by atoms with Crippen molar-refractivity contribution in [3.05, 3.63) is 23.3 Å². The Hall–Kier alpha value is -1.48. The fourth-order valence-corrected chi connectivity index (χ4v) is 3.29. The maximum atomic E-state index is 12.5. The molecule has 1 amide bonds. The highest BCUT2D eigenvalue weighted by atomic mass is 35.7. The van der Waals surface area contributed by atoms with Crippen LogP contribution in [0.25, 0.3) is 0 Å². The van der Waals surface area contributed by atoms with Crippen LogP contribution in [0.2, 0.25) is 0 Å². The molecule has 0 atom stereocenters. The van der Waals surface area contributed by atoms with Crippen molar-refractivity contribution in [3.63, 3.8) is 0 Å². The number of hydrogen-bond acceptors (Lipinski definition) is 4. The van der Waals surface area contributed by atoms with Gasteiger partial charge in [-0.3, -0.25) is 4.79 Å². The highest BCUT2D eigenvalue weighted by molar-refractivity contribution is 8.13. The summed E-state index contributed by atoms with van der Waals surface area (Å²) in [5.41, 5.74) is 0.913. The number of carbonyl (C=O) groups excluding carboxylic acids is 1. The zero-order valence-electron chi connectivity index (χ0n) is 11.3. The molecule has 0 radical (unpaired) electrons. The van der Waals surface area contributed by atoms with E-state index in [4.69, 9.17) is 15.4 Å². The van der Waals surface area contributed by atoms with Gasteiger partial charge in [-0.15, -0.1) is 0 Å². The van der Waals surface area contributed by atoms with Gasteiger partial charge < -0.3 is 9.64 Å². The summed E-state index contributed by atoms with van der Waals surface area (Å²) < 4.78 is 65.2. The molecule has 122 valence electrons. The average Bonchev–Trinajstić information content (AvgIpc) is 2.42. The predicted molar refractivity (Wildman–Crippen MR) is 71.2 cm³/mol. The van der Waals surface area contributed by atoms with Crippen LogP contribution >= 0.6 is 10.7 Å². The summed E-state index contributed by atoms with van der Waals surface area (Å²) in [4.78, 5) is 11.7. The molecule has 1 heterocycles. The van der Waals surface area contributed by atoms with E-state index in [0.717, 1.165) is 0 Å². The molecule has 0 fully saturated rings. The first-order chi connectivity index (χ1) is 10.0. The zero-order chi connectivity index (χ0) is 16.7. The monoisotopic (exact) mass is 357 g/mol. The van der Waals surface area contributed by atoms with E-state index in [2.05, 4.69) is 0 Å². The topological polar surface area (TPSA) is 63.7 Å². The summed E-state index contributed by atoms with van der Waals surface area (Å²) in [5.74, 6) is -2.00. The number of ether oxygens (including phenoxy) is 1. The van der Waals surface area contributed by atoms with Crippen molar-refractivity contribution in [3.8, 4) is 5.75 Å². The number of alkyl halides is 3. The highest BCUT2D eigenvalue weighted by Crippen LogP contribution is 2.33. The Bertz CT molecular complexity index is 718. The molecule has 0 aromatic heterocycles. The summed E-state index contributed by atoms with van der Waals surface area (Å²) in [7, 11) is 2.47. The van der Waals surface area contributed by atoms with Crippen LogP contribution < -0.4 is 4.74 Å². The second-order valence-corrected chi connectivity index (χ2v) is 7.22. The third kappa shape index (κ3) is 3.30. The standard InChI is InChI=1S/C12H11ClF3NO4S/c1-21-9-4-8-6-17(11(18)12(14,15)16)3-2-7(8)5-10(9)22(13,19)20/h4-5H,2-3,6H2,1H3. The molecule has 2 rings (SSSR count). The number of amides is 1. The number of rotatable bonds is 2. The Morgan fingerprint density at radius 2 is 1.95 bits per heavy atom. The largest absolute Gasteiger partial charge is 0.495 e. The molecule has 0 bridgehead atoms. The molecule has 1 aliphatic heterocycles. The van der Waals surface area contributed by atoms with Gasteiger partial charge in [0.15, 0.2) is 0 Å². The average molecular weight is 358 g/mol. The summed E-state index contributed by atoms with van der Waals surface area (Å²) in [5, 5.41) is 0. The van der Waals surface area contributed by atoms with Crippen LogP contribution in [0.4, 0.5) is 13.2 Å². The molecule has 0 saturated heterocycles. The van der Waals surface area contributed by atoms with E-state index in [9.17, 15) is 26.4 Å². The van der Waals surface area contributed by atoms with Crippen LogP contribution in [0.5, 0.6) is 5.75 Å². The third-order valence-corrected chi connectivity index (χ3v) is 4.63. The van der Waals surface area contributed by atoms with Crippen molar-refractivity contribution in [1.82, 2.24) is 4.90 Å². The molecule has 1 aromatic carbocycles. The lowest BCUT2D eigenvalue weighted by Crippen LogP contribution is -2.43. The molecule has 10 heteroatoms. The zero-order valence-corrected chi connectivity index (χ0v) is 12.8.